The fourth-order valence-electron chi connectivity index (χ4n) is 2.11. The Morgan fingerprint density at radius 2 is 2.08 bits per heavy atom. The summed E-state index contributed by atoms with van der Waals surface area (Å²) in [5.74, 6) is -1.18. The van der Waals surface area contributed by atoms with Gasteiger partial charge in [-0.05, 0) is 23.8 Å². The Balaban J connectivity index is 2.16. The van der Waals surface area contributed by atoms with Gasteiger partial charge in [0.15, 0.2) is 0 Å². The first-order chi connectivity index (χ1) is 12.0. The van der Waals surface area contributed by atoms with Crippen molar-refractivity contribution in [3.8, 4) is 0 Å². The van der Waals surface area contributed by atoms with E-state index >= 15 is 0 Å². The van der Waals surface area contributed by atoms with Crippen molar-refractivity contribution in [3.05, 3.63) is 69.5 Å². The van der Waals surface area contributed by atoms with E-state index in [1.54, 1.807) is 6.07 Å². The molecule has 0 aliphatic carbocycles. The summed E-state index contributed by atoms with van der Waals surface area (Å²) in [6, 6.07) is 9.52. The van der Waals surface area contributed by atoms with Gasteiger partial charge in [0.05, 0.1) is 17.1 Å². The number of non-ortho nitro benzene ring substituents is 1. The molecule has 2 rings (SSSR count). The molecule has 0 spiro atoms. The Hall–Kier alpha value is -3.00. The molecule has 0 aliphatic rings. The van der Waals surface area contributed by atoms with Gasteiger partial charge in [0.25, 0.3) is 5.69 Å². The molecule has 0 aliphatic heterocycles. The highest BCUT2D eigenvalue weighted by Gasteiger charge is 2.18. The zero-order valence-corrected chi connectivity index (χ0v) is 13.5. The Morgan fingerprint density at radius 1 is 1.28 bits per heavy atom. The number of hydrogen-bond donors (Lipinski definition) is 1. The van der Waals surface area contributed by atoms with E-state index in [-0.39, 0.29) is 17.9 Å². The highest BCUT2D eigenvalue weighted by Crippen LogP contribution is 2.23. The number of carbonyl (C=O) groups excluding carboxylic acids is 1. The maximum absolute atomic E-state index is 13.2. The van der Waals surface area contributed by atoms with E-state index in [9.17, 15) is 19.3 Å². The van der Waals surface area contributed by atoms with Crippen molar-refractivity contribution >= 4 is 17.3 Å². The van der Waals surface area contributed by atoms with Crippen molar-refractivity contribution in [3.63, 3.8) is 0 Å². The molecule has 2 aromatic rings. The van der Waals surface area contributed by atoms with Gasteiger partial charge in [-0.1, -0.05) is 12.1 Å². The van der Waals surface area contributed by atoms with Crippen LogP contribution in [0.2, 0.25) is 0 Å². The predicted molar refractivity (Wildman–Crippen MR) is 89.0 cm³/mol. The highest BCUT2D eigenvalue weighted by atomic mass is 19.1. The molecular weight excluding hydrogens is 331 g/mol. The lowest BCUT2D eigenvalue weighted by atomic mass is 10.1. The van der Waals surface area contributed by atoms with Gasteiger partial charge in [-0.2, -0.15) is 0 Å². The number of halogens is 1. The normalized spacial score (nSPS) is 10.3. The minimum Gasteiger partial charge on any atom is -0.457 e. The molecule has 0 saturated heterocycles. The van der Waals surface area contributed by atoms with Crippen molar-refractivity contribution in [1.29, 1.82) is 0 Å². The van der Waals surface area contributed by atoms with Gasteiger partial charge >= 0.3 is 5.97 Å². The largest absolute Gasteiger partial charge is 0.457 e. The SMILES string of the molecule is COCCNc1ccc([N+](=O)[O-])cc1C(=O)OCc1cccc(F)c1. The molecule has 8 heteroatoms. The first-order valence-electron chi connectivity index (χ1n) is 7.44. The van der Waals surface area contributed by atoms with E-state index in [2.05, 4.69) is 5.32 Å². The summed E-state index contributed by atoms with van der Waals surface area (Å²) in [7, 11) is 1.53. The van der Waals surface area contributed by atoms with Crippen molar-refractivity contribution < 1.29 is 23.6 Å². The summed E-state index contributed by atoms with van der Waals surface area (Å²) in [6.45, 7) is 0.671. The second kappa shape index (κ2) is 8.74. The topological polar surface area (TPSA) is 90.7 Å². The molecule has 0 heterocycles. The number of hydrogen-bond acceptors (Lipinski definition) is 6. The fraction of sp³-hybridized carbons (Fsp3) is 0.235. The number of esters is 1. The van der Waals surface area contributed by atoms with Crippen molar-refractivity contribution in [1.82, 2.24) is 0 Å². The summed E-state index contributed by atoms with van der Waals surface area (Å²) in [6.07, 6.45) is 0. The maximum atomic E-state index is 13.2. The fourth-order valence-corrected chi connectivity index (χ4v) is 2.11. The Kier molecular flexibility index (Phi) is 6.41. The molecule has 0 fully saturated rings. The molecule has 0 bridgehead atoms. The maximum Gasteiger partial charge on any atom is 0.340 e. The standard InChI is InChI=1S/C17H17FN2O5/c1-24-8-7-19-16-6-5-14(20(22)23)10-15(16)17(21)25-11-12-3-2-4-13(18)9-12/h2-6,9-10,19H,7-8,11H2,1H3. The van der Waals surface area contributed by atoms with Gasteiger partial charge in [-0.3, -0.25) is 10.1 Å². The predicted octanol–water partition coefficient (Wildman–Crippen LogP) is 3.15. The monoisotopic (exact) mass is 348 g/mol. The van der Waals surface area contributed by atoms with E-state index in [1.807, 2.05) is 0 Å². The molecule has 2 aromatic carbocycles. The van der Waals surface area contributed by atoms with Crippen molar-refractivity contribution in [2.24, 2.45) is 0 Å². The molecule has 0 atom stereocenters. The number of benzene rings is 2. The Labute approximate surface area is 143 Å². The third-order valence-corrected chi connectivity index (χ3v) is 3.31. The number of carbonyl (C=O) groups is 1. The van der Waals surface area contributed by atoms with Crippen molar-refractivity contribution in [2.45, 2.75) is 6.61 Å². The smallest absolute Gasteiger partial charge is 0.340 e. The second-order valence-electron chi connectivity index (χ2n) is 5.11. The average Bonchev–Trinajstić information content (AvgIpc) is 2.60. The quantitative estimate of drug-likeness (QED) is 0.341. The first-order valence-corrected chi connectivity index (χ1v) is 7.44. The van der Waals surface area contributed by atoms with Crippen LogP contribution in [-0.4, -0.2) is 31.2 Å². The molecule has 7 nitrogen and oxygen atoms in total. The number of nitro groups is 1. The number of nitro benzene ring substituents is 1. The van der Waals surface area contributed by atoms with Crippen LogP contribution in [0.15, 0.2) is 42.5 Å². The van der Waals surface area contributed by atoms with E-state index in [0.29, 0.717) is 24.4 Å². The summed E-state index contributed by atoms with van der Waals surface area (Å²) >= 11 is 0. The lowest BCUT2D eigenvalue weighted by Crippen LogP contribution is -2.13. The van der Waals surface area contributed by atoms with Crippen LogP contribution in [-0.2, 0) is 16.1 Å². The summed E-state index contributed by atoms with van der Waals surface area (Å²) in [5.41, 5.74) is 0.677. The molecule has 25 heavy (non-hydrogen) atoms. The second-order valence-corrected chi connectivity index (χ2v) is 5.11. The van der Waals surface area contributed by atoms with Crippen LogP contribution in [0.3, 0.4) is 0 Å². The number of ether oxygens (including phenoxy) is 2. The summed E-state index contributed by atoms with van der Waals surface area (Å²) in [4.78, 5) is 22.7. The molecule has 132 valence electrons. The number of rotatable bonds is 8. The lowest BCUT2D eigenvalue weighted by Gasteiger charge is -2.11. The van der Waals surface area contributed by atoms with E-state index in [0.717, 1.165) is 6.07 Å². The van der Waals surface area contributed by atoms with Crippen LogP contribution in [0.5, 0.6) is 0 Å². The molecule has 0 saturated carbocycles. The van der Waals surface area contributed by atoms with Crippen LogP contribution in [0.4, 0.5) is 15.8 Å². The Bertz CT molecular complexity index is 766. The molecule has 0 amide bonds. The molecular formula is C17H17FN2O5. The average molecular weight is 348 g/mol. The molecule has 0 radical (unpaired) electrons. The molecule has 0 aromatic heterocycles. The number of methoxy groups -OCH3 is 1. The zero-order chi connectivity index (χ0) is 18.2. The van der Waals surface area contributed by atoms with Gasteiger partial charge in [-0.25, -0.2) is 9.18 Å². The van der Waals surface area contributed by atoms with Crippen LogP contribution >= 0.6 is 0 Å². The first kappa shape index (κ1) is 18.3. The van der Waals surface area contributed by atoms with Crippen LogP contribution in [0.1, 0.15) is 15.9 Å². The van der Waals surface area contributed by atoms with E-state index < -0.39 is 16.7 Å². The minimum atomic E-state index is -0.743. The highest BCUT2D eigenvalue weighted by molar-refractivity contribution is 5.96. The van der Waals surface area contributed by atoms with Crippen LogP contribution in [0, 0.1) is 15.9 Å². The van der Waals surface area contributed by atoms with E-state index in [4.69, 9.17) is 9.47 Å². The third kappa shape index (κ3) is 5.25. The van der Waals surface area contributed by atoms with Crippen molar-refractivity contribution in [2.75, 3.05) is 25.6 Å². The zero-order valence-electron chi connectivity index (χ0n) is 13.5. The van der Waals surface area contributed by atoms with Gasteiger partial charge in [0.1, 0.15) is 12.4 Å². The van der Waals surface area contributed by atoms with Gasteiger partial charge < -0.3 is 14.8 Å². The lowest BCUT2D eigenvalue weighted by molar-refractivity contribution is -0.384. The van der Waals surface area contributed by atoms with Gasteiger partial charge in [0, 0.05) is 31.5 Å². The number of anilines is 1. The molecule has 0 unspecified atom stereocenters. The molecule has 1 N–H and O–H groups in total. The van der Waals surface area contributed by atoms with E-state index in [1.165, 1.54) is 37.4 Å². The third-order valence-electron chi connectivity index (χ3n) is 3.31. The number of nitrogens with one attached hydrogen (secondary N) is 1. The van der Waals surface area contributed by atoms with Gasteiger partial charge in [0.2, 0.25) is 0 Å². The Morgan fingerprint density at radius 3 is 2.76 bits per heavy atom. The summed E-state index contributed by atoms with van der Waals surface area (Å²) < 4.78 is 23.2. The van der Waals surface area contributed by atoms with Gasteiger partial charge in [-0.15, -0.1) is 0 Å². The van der Waals surface area contributed by atoms with Crippen LogP contribution in [0.25, 0.3) is 0 Å². The summed E-state index contributed by atoms with van der Waals surface area (Å²) in [5, 5.41) is 13.9. The number of nitrogens with zero attached hydrogens (tertiary/aromatic N) is 1. The minimum absolute atomic E-state index is 0.0294. The van der Waals surface area contributed by atoms with Crippen LogP contribution < -0.4 is 5.32 Å².